The first kappa shape index (κ1) is 10.2. The second-order valence-electron chi connectivity index (χ2n) is 3.21. The van der Waals surface area contributed by atoms with Crippen LogP contribution in [0.2, 0.25) is 0 Å². The largest absolute Gasteiger partial charge is 0.267 e. The molecule has 1 unspecified atom stereocenters. The second-order valence-corrected chi connectivity index (χ2v) is 5.62. The maximum absolute atomic E-state index is 12.7. The summed E-state index contributed by atoms with van der Waals surface area (Å²) in [5.41, 5.74) is 1.13. The molecular weight excluding hydrogens is 265 g/mol. The van der Waals surface area contributed by atoms with Crippen molar-refractivity contribution in [2.24, 2.45) is 4.99 Å². The molecule has 1 aliphatic rings. The molecule has 1 aromatic carbocycles. The molecule has 0 radical (unpaired) electrons. The average molecular weight is 274 g/mol. The Labute approximate surface area is 94.9 Å². The van der Waals surface area contributed by atoms with Gasteiger partial charge in [0, 0.05) is 0 Å². The molecule has 0 saturated heterocycles. The predicted octanol–water partition coefficient (Wildman–Crippen LogP) is 3.75. The molecule has 14 heavy (non-hydrogen) atoms. The van der Waals surface area contributed by atoms with E-state index in [1.807, 2.05) is 12.1 Å². The summed E-state index contributed by atoms with van der Waals surface area (Å²) in [6.45, 7) is 2.06. The van der Waals surface area contributed by atoms with Crippen molar-refractivity contribution in [3.05, 3.63) is 35.6 Å². The normalized spacial score (nSPS) is 26.4. The molecule has 0 bridgehead atoms. The summed E-state index contributed by atoms with van der Waals surface area (Å²) in [4.78, 5) is 4.37. The number of benzene rings is 1. The molecule has 4 heteroatoms. The monoisotopic (exact) mass is 273 g/mol. The molecule has 2 rings (SSSR count). The molecule has 1 heterocycles. The molecule has 74 valence electrons. The molecule has 0 aliphatic carbocycles. The second kappa shape index (κ2) is 4.03. The van der Waals surface area contributed by atoms with Gasteiger partial charge in [0.05, 0.1) is 11.3 Å². The average Bonchev–Trinajstić information content (AvgIpc) is 2.47. The third kappa shape index (κ3) is 2.01. The van der Waals surface area contributed by atoms with Gasteiger partial charge < -0.3 is 0 Å². The van der Waals surface area contributed by atoms with Crippen molar-refractivity contribution >= 4 is 31.6 Å². The van der Waals surface area contributed by atoms with Gasteiger partial charge in [-0.2, -0.15) is 0 Å². The summed E-state index contributed by atoms with van der Waals surface area (Å²) in [6.07, 6.45) is 0. The van der Waals surface area contributed by atoms with Gasteiger partial charge in [-0.15, -0.1) is 0 Å². The van der Waals surface area contributed by atoms with Crippen molar-refractivity contribution in [3.8, 4) is 0 Å². The Bertz CT molecular complexity index is 363. The van der Waals surface area contributed by atoms with Gasteiger partial charge in [0.15, 0.2) is 0 Å². The van der Waals surface area contributed by atoms with Crippen LogP contribution in [0.3, 0.4) is 0 Å². The van der Waals surface area contributed by atoms with Crippen molar-refractivity contribution in [3.63, 3.8) is 0 Å². The van der Waals surface area contributed by atoms with Crippen molar-refractivity contribution < 1.29 is 4.39 Å². The number of hydrogen-bond acceptors (Lipinski definition) is 2. The lowest BCUT2D eigenvalue weighted by molar-refractivity contribution is 0.626. The first-order valence-electron chi connectivity index (χ1n) is 4.32. The van der Waals surface area contributed by atoms with E-state index < -0.39 is 0 Å². The van der Waals surface area contributed by atoms with Gasteiger partial charge in [-0.05, 0) is 40.5 Å². The molecule has 1 aromatic rings. The molecule has 2 atom stereocenters. The van der Waals surface area contributed by atoms with Crippen molar-refractivity contribution in [1.29, 1.82) is 0 Å². The molecule has 0 aromatic heterocycles. The van der Waals surface area contributed by atoms with Crippen LogP contribution in [0.5, 0.6) is 0 Å². The highest BCUT2D eigenvalue weighted by Crippen LogP contribution is 2.41. The third-order valence-electron chi connectivity index (χ3n) is 2.17. The minimum Gasteiger partial charge on any atom is -0.267 e. The van der Waals surface area contributed by atoms with E-state index in [1.54, 1.807) is 11.8 Å². The maximum atomic E-state index is 12.7. The standard InChI is InChI=1S/C10H9BrFNS/c1-6-9(14-10(11)13-6)7-2-4-8(12)5-3-7/h2-6,9H,1H3/t6-,9?/m1/s1. The van der Waals surface area contributed by atoms with E-state index in [1.165, 1.54) is 12.1 Å². The quantitative estimate of drug-likeness (QED) is 0.759. The molecule has 0 spiro atoms. The minimum absolute atomic E-state index is 0.190. The van der Waals surface area contributed by atoms with Crippen LogP contribution in [0.4, 0.5) is 4.39 Å². The van der Waals surface area contributed by atoms with E-state index in [0.29, 0.717) is 5.25 Å². The number of rotatable bonds is 1. The van der Waals surface area contributed by atoms with Crippen molar-refractivity contribution in [2.75, 3.05) is 0 Å². The lowest BCUT2D eigenvalue weighted by atomic mass is 10.1. The Hall–Kier alpha value is -0.350. The smallest absolute Gasteiger partial charge is 0.135 e. The molecular formula is C10H9BrFNS. The lowest BCUT2D eigenvalue weighted by Crippen LogP contribution is -2.04. The fourth-order valence-corrected chi connectivity index (χ4v) is 3.38. The Morgan fingerprint density at radius 2 is 2.00 bits per heavy atom. The van der Waals surface area contributed by atoms with E-state index in [2.05, 4.69) is 27.8 Å². The van der Waals surface area contributed by atoms with Crippen LogP contribution in [-0.2, 0) is 0 Å². The predicted molar refractivity (Wildman–Crippen MR) is 62.6 cm³/mol. The Morgan fingerprint density at radius 3 is 2.50 bits per heavy atom. The molecule has 0 N–H and O–H groups in total. The van der Waals surface area contributed by atoms with Gasteiger partial charge in [0.25, 0.3) is 0 Å². The summed E-state index contributed by atoms with van der Waals surface area (Å²) >= 11 is 5.05. The maximum Gasteiger partial charge on any atom is 0.135 e. The summed E-state index contributed by atoms with van der Waals surface area (Å²) in [6, 6.07) is 6.89. The molecule has 0 fully saturated rings. The zero-order valence-electron chi connectivity index (χ0n) is 7.58. The number of aliphatic imine (C=N–C) groups is 1. The van der Waals surface area contributed by atoms with Crippen LogP contribution < -0.4 is 0 Å². The molecule has 0 saturated carbocycles. The van der Waals surface area contributed by atoms with Crippen LogP contribution in [0.1, 0.15) is 17.7 Å². The number of thioether (sulfide) groups is 1. The first-order valence-corrected chi connectivity index (χ1v) is 5.99. The van der Waals surface area contributed by atoms with Gasteiger partial charge >= 0.3 is 0 Å². The van der Waals surface area contributed by atoms with E-state index in [4.69, 9.17) is 0 Å². The van der Waals surface area contributed by atoms with Crippen LogP contribution >= 0.6 is 27.7 Å². The van der Waals surface area contributed by atoms with E-state index in [9.17, 15) is 4.39 Å². The highest BCUT2D eigenvalue weighted by molar-refractivity contribution is 9.22. The third-order valence-corrected chi connectivity index (χ3v) is 4.15. The van der Waals surface area contributed by atoms with Gasteiger partial charge in [0.2, 0.25) is 0 Å². The van der Waals surface area contributed by atoms with Crippen molar-refractivity contribution in [1.82, 2.24) is 0 Å². The molecule has 0 amide bonds. The van der Waals surface area contributed by atoms with Crippen LogP contribution in [0.15, 0.2) is 29.3 Å². The summed E-state index contributed by atoms with van der Waals surface area (Å²) in [5, 5.41) is 0.310. The summed E-state index contributed by atoms with van der Waals surface area (Å²) < 4.78 is 13.6. The summed E-state index contributed by atoms with van der Waals surface area (Å²) in [5.74, 6) is -0.190. The topological polar surface area (TPSA) is 12.4 Å². The number of nitrogens with zero attached hydrogens (tertiary/aromatic N) is 1. The van der Waals surface area contributed by atoms with Crippen LogP contribution in [0, 0.1) is 5.82 Å². The SMILES string of the molecule is C[C@H]1N=C(Br)SC1c1ccc(F)cc1. The van der Waals surface area contributed by atoms with Gasteiger partial charge in [-0.25, -0.2) is 4.39 Å². The highest BCUT2D eigenvalue weighted by atomic mass is 79.9. The lowest BCUT2D eigenvalue weighted by Gasteiger charge is -2.12. The van der Waals surface area contributed by atoms with E-state index in [-0.39, 0.29) is 11.9 Å². The molecule has 1 aliphatic heterocycles. The van der Waals surface area contributed by atoms with Gasteiger partial charge in [-0.3, -0.25) is 4.99 Å². The first-order chi connectivity index (χ1) is 6.66. The Balaban J connectivity index is 2.21. The van der Waals surface area contributed by atoms with Crippen LogP contribution in [-0.4, -0.2) is 9.99 Å². The molecule has 1 nitrogen and oxygen atoms in total. The fraction of sp³-hybridized carbons (Fsp3) is 0.300. The number of halogens is 2. The fourth-order valence-electron chi connectivity index (χ4n) is 1.46. The Kier molecular flexibility index (Phi) is 2.93. The number of hydrogen-bond donors (Lipinski definition) is 0. The zero-order chi connectivity index (χ0) is 10.1. The van der Waals surface area contributed by atoms with E-state index >= 15 is 0 Å². The Morgan fingerprint density at radius 1 is 1.36 bits per heavy atom. The summed E-state index contributed by atoms with van der Waals surface area (Å²) in [7, 11) is 0. The van der Waals surface area contributed by atoms with Gasteiger partial charge in [-0.1, -0.05) is 23.9 Å². The van der Waals surface area contributed by atoms with Crippen LogP contribution in [0.25, 0.3) is 0 Å². The highest BCUT2D eigenvalue weighted by Gasteiger charge is 2.26. The van der Waals surface area contributed by atoms with Crippen molar-refractivity contribution in [2.45, 2.75) is 18.2 Å². The van der Waals surface area contributed by atoms with E-state index in [0.717, 1.165) is 9.52 Å². The zero-order valence-corrected chi connectivity index (χ0v) is 9.98. The minimum atomic E-state index is -0.190. The van der Waals surface area contributed by atoms with Gasteiger partial charge in [0.1, 0.15) is 9.77 Å².